The predicted molar refractivity (Wildman–Crippen MR) is 62.0 cm³/mol. The number of rotatable bonds is 3. The van der Waals surface area contributed by atoms with Crippen molar-refractivity contribution in [3.8, 4) is 5.88 Å². The molecule has 0 radical (unpaired) electrons. The van der Waals surface area contributed by atoms with Crippen LogP contribution in [0.3, 0.4) is 0 Å². The summed E-state index contributed by atoms with van der Waals surface area (Å²) < 4.78 is 5.55. The van der Waals surface area contributed by atoms with Crippen LogP contribution in [0, 0.1) is 6.92 Å². The maximum atomic E-state index is 5.60. The number of ether oxygens (including phenoxy) is 1. The molecule has 2 aromatic rings. The lowest BCUT2D eigenvalue weighted by atomic mass is 10.3. The highest BCUT2D eigenvalue weighted by Gasteiger charge is 2.02. The van der Waals surface area contributed by atoms with Crippen LogP contribution in [0.4, 0.5) is 5.69 Å². The van der Waals surface area contributed by atoms with Gasteiger partial charge in [-0.1, -0.05) is 6.07 Å². The molecule has 0 amide bonds. The Labute approximate surface area is 94.1 Å². The number of anilines is 1. The number of hydrogen-bond donors (Lipinski definition) is 1. The van der Waals surface area contributed by atoms with E-state index in [0.717, 1.165) is 11.3 Å². The summed E-state index contributed by atoms with van der Waals surface area (Å²) in [6, 6.07) is 7.54. The lowest BCUT2D eigenvalue weighted by molar-refractivity contribution is 0.287. The smallest absolute Gasteiger partial charge is 0.216 e. The van der Waals surface area contributed by atoms with Gasteiger partial charge in [-0.05, 0) is 25.1 Å². The molecule has 2 rings (SSSR count). The largest absolute Gasteiger partial charge is 0.471 e. The van der Waals surface area contributed by atoms with E-state index in [1.807, 2.05) is 31.2 Å². The van der Waals surface area contributed by atoms with Crippen LogP contribution in [-0.4, -0.2) is 9.97 Å². The molecule has 0 aliphatic rings. The third-order valence-corrected chi connectivity index (χ3v) is 2.13. The second kappa shape index (κ2) is 4.61. The maximum absolute atomic E-state index is 5.60. The van der Waals surface area contributed by atoms with Gasteiger partial charge in [0.1, 0.15) is 6.61 Å². The molecule has 82 valence electrons. The molecule has 0 aliphatic carbocycles. The Morgan fingerprint density at radius 1 is 1.31 bits per heavy atom. The lowest BCUT2D eigenvalue weighted by Crippen LogP contribution is -2.01. The molecule has 0 saturated carbocycles. The molecule has 4 nitrogen and oxygen atoms in total. The first-order valence-corrected chi connectivity index (χ1v) is 5.00. The minimum absolute atomic E-state index is 0.415. The molecule has 0 aromatic carbocycles. The molecule has 16 heavy (non-hydrogen) atoms. The van der Waals surface area contributed by atoms with Crippen LogP contribution in [0.5, 0.6) is 5.88 Å². The highest BCUT2D eigenvalue weighted by molar-refractivity contribution is 5.41. The molecule has 4 heteroatoms. The van der Waals surface area contributed by atoms with E-state index < -0.39 is 0 Å². The van der Waals surface area contributed by atoms with E-state index in [9.17, 15) is 0 Å². The van der Waals surface area contributed by atoms with E-state index in [0.29, 0.717) is 18.2 Å². The maximum Gasteiger partial charge on any atom is 0.216 e. The van der Waals surface area contributed by atoms with Gasteiger partial charge in [0.2, 0.25) is 5.88 Å². The number of nitrogens with zero attached hydrogens (tertiary/aromatic N) is 2. The van der Waals surface area contributed by atoms with E-state index in [4.69, 9.17) is 10.5 Å². The molecule has 2 heterocycles. The number of aryl methyl sites for hydroxylation is 1. The fourth-order valence-corrected chi connectivity index (χ4v) is 1.36. The van der Waals surface area contributed by atoms with Crippen molar-refractivity contribution in [3.05, 3.63) is 47.9 Å². The predicted octanol–water partition coefficient (Wildman–Crippen LogP) is 1.95. The molecule has 0 saturated heterocycles. The van der Waals surface area contributed by atoms with Gasteiger partial charge in [0.15, 0.2) is 0 Å². The van der Waals surface area contributed by atoms with Gasteiger partial charge in [-0.3, -0.25) is 4.98 Å². The Hall–Kier alpha value is -2.10. The van der Waals surface area contributed by atoms with Gasteiger partial charge in [-0.15, -0.1) is 0 Å². The molecule has 0 bridgehead atoms. The van der Waals surface area contributed by atoms with Crippen molar-refractivity contribution >= 4 is 5.69 Å². The summed E-state index contributed by atoms with van der Waals surface area (Å²) in [5.41, 5.74) is 8.05. The number of aromatic nitrogens is 2. The monoisotopic (exact) mass is 215 g/mol. The average molecular weight is 215 g/mol. The first-order valence-electron chi connectivity index (χ1n) is 5.00. The number of nitrogens with two attached hydrogens (primary N) is 1. The Kier molecular flexibility index (Phi) is 3.00. The normalized spacial score (nSPS) is 10.1. The third-order valence-electron chi connectivity index (χ3n) is 2.13. The number of pyridine rings is 2. The van der Waals surface area contributed by atoms with Crippen LogP contribution >= 0.6 is 0 Å². The SMILES string of the molecule is Cc1cc(N)cnc1OCc1ccccn1. The van der Waals surface area contributed by atoms with Crippen LogP contribution < -0.4 is 10.5 Å². The summed E-state index contributed by atoms with van der Waals surface area (Å²) in [4.78, 5) is 8.28. The van der Waals surface area contributed by atoms with Crippen molar-refractivity contribution in [2.45, 2.75) is 13.5 Å². The minimum Gasteiger partial charge on any atom is -0.471 e. The molecule has 2 N–H and O–H groups in total. The first-order chi connectivity index (χ1) is 7.75. The summed E-state index contributed by atoms with van der Waals surface area (Å²) in [6.07, 6.45) is 3.32. The zero-order valence-electron chi connectivity index (χ0n) is 9.05. The van der Waals surface area contributed by atoms with Gasteiger partial charge in [0, 0.05) is 11.8 Å². The topological polar surface area (TPSA) is 61.0 Å². The highest BCUT2D eigenvalue weighted by atomic mass is 16.5. The Balaban J connectivity index is 2.05. The third kappa shape index (κ3) is 2.48. The quantitative estimate of drug-likeness (QED) is 0.850. The first kappa shape index (κ1) is 10.4. The molecular formula is C12H13N3O. The van der Waals surface area contributed by atoms with Gasteiger partial charge in [-0.2, -0.15) is 0 Å². The van der Waals surface area contributed by atoms with E-state index in [1.165, 1.54) is 0 Å². The Morgan fingerprint density at radius 2 is 2.19 bits per heavy atom. The number of hydrogen-bond acceptors (Lipinski definition) is 4. The summed E-state index contributed by atoms with van der Waals surface area (Å²) in [5.74, 6) is 0.597. The Morgan fingerprint density at radius 3 is 2.88 bits per heavy atom. The summed E-state index contributed by atoms with van der Waals surface area (Å²) in [6.45, 7) is 2.33. The van der Waals surface area contributed by atoms with Crippen molar-refractivity contribution in [2.24, 2.45) is 0 Å². The van der Waals surface area contributed by atoms with Gasteiger partial charge in [0.05, 0.1) is 17.6 Å². The summed E-state index contributed by atoms with van der Waals surface area (Å²) >= 11 is 0. The van der Waals surface area contributed by atoms with Crippen LogP contribution in [0.1, 0.15) is 11.3 Å². The van der Waals surface area contributed by atoms with Crippen LogP contribution in [0.2, 0.25) is 0 Å². The lowest BCUT2D eigenvalue weighted by Gasteiger charge is -2.07. The molecule has 0 aliphatic heterocycles. The van der Waals surface area contributed by atoms with E-state index in [-0.39, 0.29) is 0 Å². The fourth-order valence-electron chi connectivity index (χ4n) is 1.36. The second-order valence-electron chi connectivity index (χ2n) is 3.50. The summed E-state index contributed by atoms with van der Waals surface area (Å²) in [7, 11) is 0. The zero-order chi connectivity index (χ0) is 11.4. The van der Waals surface area contributed by atoms with Crippen molar-refractivity contribution in [1.82, 2.24) is 9.97 Å². The van der Waals surface area contributed by atoms with E-state index >= 15 is 0 Å². The standard InChI is InChI=1S/C12H13N3O/c1-9-6-10(13)7-15-12(9)16-8-11-4-2-3-5-14-11/h2-7H,8,13H2,1H3. The van der Waals surface area contributed by atoms with Crippen LogP contribution in [-0.2, 0) is 6.61 Å². The van der Waals surface area contributed by atoms with Crippen molar-refractivity contribution in [1.29, 1.82) is 0 Å². The number of nitrogen functional groups attached to an aromatic ring is 1. The van der Waals surface area contributed by atoms with Gasteiger partial charge in [-0.25, -0.2) is 4.98 Å². The molecular weight excluding hydrogens is 202 g/mol. The van der Waals surface area contributed by atoms with Crippen LogP contribution in [0.15, 0.2) is 36.7 Å². The van der Waals surface area contributed by atoms with Gasteiger partial charge in [0.25, 0.3) is 0 Å². The Bertz CT molecular complexity index is 471. The summed E-state index contributed by atoms with van der Waals surface area (Å²) in [5, 5.41) is 0. The highest BCUT2D eigenvalue weighted by Crippen LogP contribution is 2.17. The van der Waals surface area contributed by atoms with Crippen molar-refractivity contribution in [2.75, 3.05) is 5.73 Å². The molecule has 2 aromatic heterocycles. The van der Waals surface area contributed by atoms with Crippen molar-refractivity contribution < 1.29 is 4.74 Å². The molecule has 0 unspecified atom stereocenters. The van der Waals surface area contributed by atoms with Crippen molar-refractivity contribution in [3.63, 3.8) is 0 Å². The van der Waals surface area contributed by atoms with E-state index in [1.54, 1.807) is 12.4 Å². The van der Waals surface area contributed by atoms with E-state index in [2.05, 4.69) is 9.97 Å². The average Bonchev–Trinajstić information content (AvgIpc) is 2.29. The zero-order valence-corrected chi connectivity index (χ0v) is 9.05. The minimum atomic E-state index is 0.415. The second-order valence-corrected chi connectivity index (χ2v) is 3.50. The van der Waals surface area contributed by atoms with Crippen LogP contribution in [0.25, 0.3) is 0 Å². The van der Waals surface area contributed by atoms with Gasteiger partial charge < -0.3 is 10.5 Å². The molecule has 0 atom stereocenters. The van der Waals surface area contributed by atoms with Gasteiger partial charge >= 0.3 is 0 Å². The molecule has 0 fully saturated rings. The molecule has 0 spiro atoms. The fraction of sp³-hybridized carbons (Fsp3) is 0.167.